The van der Waals surface area contributed by atoms with Crippen molar-refractivity contribution in [3.63, 3.8) is 0 Å². The van der Waals surface area contributed by atoms with Crippen molar-refractivity contribution < 1.29 is 0 Å². The molecule has 0 aliphatic carbocycles. The van der Waals surface area contributed by atoms with E-state index in [1.807, 2.05) is 0 Å². The second-order valence-electron chi connectivity index (χ2n) is 14.1. The fourth-order valence-corrected chi connectivity index (χ4v) is 4.50. The molecule has 0 heterocycles. The molecule has 0 spiro atoms. The lowest BCUT2D eigenvalue weighted by atomic mass is 9.65. The Morgan fingerprint density at radius 1 is 0.355 bits per heavy atom. The summed E-state index contributed by atoms with van der Waals surface area (Å²) in [5.74, 6) is 0. The van der Waals surface area contributed by atoms with E-state index >= 15 is 0 Å². The van der Waals surface area contributed by atoms with E-state index in [2.05, 4.69) is 133 Å². The summed E-state index contributed by atoms with van der Waals surface area (Å²) in [4.78, 5) is 0. The highest BCUT2D eigenvalue weighted by atomic mass is 14.4. The SMILES string of the molecule is CC(C)(C)c1ccc(C(C)(C)c2cc(C(C)(C)C)ccc2C(C)(C)C)c(C(C)(C)C)c1. The minimum atomic E-state index is -0.0943. The summed E-state index contributed by atoms with van der Waals surface area (Å²) in [5.41, 5.74) is 9.00. The predicted molar refractivity (Wildman–Crippen MR) is 140 cm³/mol. The minimum absolute atomic E-state index is 0.0808. The van der Waals surface area contributed by atoms with E-state index in [0.29, 0.717) is 0 Å². The van der Waals surface area contributed by atoms with Gasteiger partial charge < -0.3 is 0 Å². The molecule has 0 aliphatic rings. The minimum Gasteiger partial charge on any atom is -0.0582 e. The van der Waals surface area contributed by atoms with Crippen molar-refractivity contribution in [3.8, 4) is 0 Å². The van der Waals surface area contributed by atoms with Gasteiger partial charge in [-0.25, -0.2) is 0 Å². The molecule has 0 unspecified atom stereocenters. The van der Waals surface area contributed by atoms with Crippen LogP contribution < -0.4 is 0 Å². The van der Waals surface area contributed by atoms with Gasteiger partial charge in [-0.1, -0.05) is 133 Å². The topological polar surface area (TPSA) is 0 Å². The second-order valence-corrected chi connectivity index (χ2v) is 14.1. The van der Waals surface area contributed by atoms with Crippen molar-refractivity contribution in [3.05, 3.63) is 69.8 Å². The molecular formula is C31H48. The van der Waals surface area contributed by atoms with Gasteiger partial charge in [0.05, 0.1) is 0 Å². The van der Waals surface area contributed by atoms with Crippen LogP contribution in [0.25, 0.3) is 0 Å². The first-order valence-corrected chi connectivity index (χ1v) is 12.0. The van der Waals surface area contributed by atoms with Crippen molar-refractivity contribution in [1.29, 1.82) is 0 Å². The Hall–Kier alpha value is -1.56. The Balaban J connectivity index is 2.89. The predicted octanol–water partition coefficient (Wildman–Crippen LogP) is 9.20. The Labute approximate surface area is 193 Å². The lowest BCUT2D eigenvalue weighted by Crippen LogP contribution is -2.30. The fraction of sp³-hybridized carbons (Fsp3) is 0.613. The highest BCUT2D eigenvalue weighted by Gasteiger charge is 2.35. The summed E-state index contributed by atoms with van der Waals surface area (Å²) < 4.78 is 0. The van der Waals surface area contributed by atoms with Crippen LogP contribution in [0.2, 0.25) is 0 Å². The fourth-order valence-electron chi connectivity index (χ4n) is 4.50. The van der Waals surface area contributed by atoms with Crippen LogP contribution in [-0.4, -0.2) is 0 Å². The largest absolute Gasteiger partial charge is 0.0582 e. The van der Waals surface area contributed by atoms with Crippen LogP contribution in [0.4, 0.5) is 0 Å². The van der Waals surface area contributed by atoms with Crippen molar-refractivity contribution in [2.45, 2.75) is 124 Å². The van der Waals surface area contributed by atoms with Gasteiger partial charge in [0.2, 0.25) is 0 Å². The van der Waals surface area contributed by atoms with Crippen LogP contribution in [0.5, 0.6) is 0 Å². The molecule has 172 valence electrons. The summed E-state index contributed by atoms with van der Waals surface area (Å²) >= 11 is 0. The molecule has 0 atom stereocenters. The normalized spacial score (nSPS) is 14.1. The highest BCUT2D eigenvalue weighted by Crippen LogP contribution is 2.44. The molecule has 0 saturated carbocycles. The van der Waals surface area contributed by atoms with Gasteiger partial charge in [0.1, 0.15) is 0 Å². The highest BCUT2D eigenvalue weighted by molar-refractivity contribution is 5.52. The smallest absolute Gasteiger partial charge is 0.0152 e. The number of hydrogen-bond donors (Lipinski definition) is 0. The molecule has 2 rings (SSSR count). The van der Waals surface area contributed by atoms with Gasteiger partial charge >= 0.3 is 0 Å². The van der Waals surface area contributed by atoms with E-state index in [1.54, 1.807) is 0 Å². The van der Waals surface area contributed by atoms with Crippen molar-refractivity contribution in [1.82, 2.24) is 0 Å². The third-order valence-corrected chi connectivity index (χ3v) is 6.73. The van der Waals surface area contributed by atoms with Crippen molar-refractivity contribution in [2.75, 3.05) is 0 Å². The van der Waals surface area contributed by atoms with Gasteiger partial charge in [-0.2, -0.15) is 0 Å². The van der Waals surface area contributed by atoms with Crippen molar-refractivity contribution >= 4 is 0 Å². The molecule has 0 aliphatic heterocycles. The zero-order valence-electron chi connectivity index (χ0n) is 23.0. The van der Waals surface area contributed by atoms with Crippen LogP contribution in [-0.2, 0) is 27.1 Å². The summed E-state index contributed by atoms with van der Waals surface area (Å²) in [6, 6.07) is 14.5. The van der Waals surface area contributed by atoms with E-state index in [4.69, 9.17) is 0 Å². The second kappa shape index (κ2) is 7.79. The quantitative estimate of drug-likeness (QED) is 0.454. The van der Waals surface area contributed by atoms with Gasteiger partial charge in [-0.3, -0.25) is 0 Å². The van der Waals surface area contributed by atoms with Crippen LogP contribution in [0.3, 0.4) is 0 Å². The lowest BCUT2D eigenvalue weighted by molar-refractivity contribution is 0.518. The van der Waals surface area contributed by atoms with Gasteiger partial charge in [0.25, 0.3) is 0 Å². The average molecular weight is 421 g/mol. The third kappa shape index (κ3) is 5.44. The van der Waals surface area contributed by atoms with Gasteiger partial charge in [-0.05, 0) is 55.0 Å². The molecule has 2 aromatic rings. The van der Waals surface area contributed by atoms with Crippen LogP contribution in [0.1, 0.15) is 130 Å². The maximum atomic E-state index is 2.49. The van der Waals surface area contributed by atoms with E-state index in [0.717, 1.165) is 0 Å². The van der Waals surface area contributed by atoms with E-state index in [-0.39, 0.29) is 27.1 Å². The lowest BCUT2D eigenvalue weighted by Gasteiger charge is -2.38. The van der Waals surface area contributed by atoms with E-state index < -0.39 is 0 Å². The summed E-state index contributed by atoms with van der Waals surface area (Å²) in [6.07, 6.45) is 0. The summed E-state index contributed by atoms with van der Waals surface area (Å²) in [6.45, 7) is 32.8. The molecule has 0 heteroatoms. The molecular weight excluding hydrogens is 372 g/mol. The maximum absolute atomic E-state index is 2.49. The molecule has 31 heavy (non-hydrogen) atoms. The zero-order chi connectivity index (χ0) is 24.2. The Morgan fingerprint density at radius 3 is 1.06 bits per heavy atom. The van der Waals surface area contributed by atoms with E-state index in [9.17, 15) is 0 Å². The molecule has 0 nitrogen and oxygen atoms in total. The molecule has 2 aromatic carbocycles. The molecule has 0 N–H and O–H groups in total. The van der Waals surface area contributed by atoms with Crippen LogP contribution in [0, 0.1) is 0 Å². The Kier molecular flexibility index (Phi) is 6.46. The van der Waals surface area contributed by atoms with Gasteiger partial charge in [0, 0.05) is 5.41 Å². The molecule has 0 saturated heterocycles. The van der Waals surface area contributed by atoms with Gasteiger partial charge in [-0.15, -0.1) is 0 Å². The summed E-state index contributed by atoms with van der Waals surface area (Å²) in [5, 5.41) is 0. The zero-order valence-corrected chi connectivity index (χ0v) is 23.0. The summed E-state index contributed by atoms with van der Waals surface area (Å²) in [7, 11) is 0. The average Bonchev–Trinajstić information content (AvgIpc) is 2.57. The molecule has 0 fully saturated rings. The number of hydrogen-bond acceptors (Lipinski definition) is 0. The standard InChI is InChI=1S/C31H48/c1-27(2,3)21-16-18-24(25(19-21)30(10,11)12)31(13,14)26-20-22(28(4,5)6)15-17-23(26)29(7,8)9/h15-20H,1-14H3. The van der Waals surface area contributed by atoms with Crippen LogP contribution in [0.15, 0.2) is 36.4 Å². The first-order valence-electron chi connectivity index (χ1n) is 12.0. The first-order chi connectivity index (χ1) is 13.7. The molecule has 0 bridgehead atoms. The van der Waals surface area contributed by atoms with Crippen molar-refractivity contribution in [2.24, 2.45) is 0 Å². The number of rotatable bonds is 2. The Bertz CT molecular complexity index is 926. The monoisotopic (exact) mass is 420 g/mol. The molecule has 0 radical (unpaired) electrons. The van der Waals surface area contributed by atoms with Gasteiger partial charge in [0.15, 0.2) is 0 Å². The first kappa shape index (κ1) is 25.7. The third-order valence-electron chi connectivity index (χ3n) is 6.73. The number of benzene rings is 2. The van der Waals surface area contributed by atoms with Crippen LogP contribution >= 0.6 is 0 Å². The maximum Gasteiger partial charge on any atom is 0.0152 e. The Morgan fingerprint density at radius 2 is 0.710 bits per heavy atom. The molecule has 0 aromatic heterocycles. The molecule has 0 amide bonds. The van der Waals surface area contributed by atoms with E-state index in [1.165, 1.54) is 33.4 Å².